The molecule has 1 unspecified atom stereocenters. The maximum absolute atomic E-state index is 12.7. The highest BCUT2D eigenvalue weighted by molar-refractivity contribution is 7.47. The summed E-state index contributed by atoms with van der Waals surface area (Å²) in [5.74, 6) is 1.39. The molecule has 0 heterocycles. The lowest BCUT2D eigenvalue weighted by Gasteiger charge is -2.20. The van der Waals surface area contributed by atoms with Crippen LogP contribution in [0.1, 0.15) is 219 Å². The number of ether oxygens (including phenoxy) is 4. The Labute approximate surface area is 366 Å². The molecular formula is C47H88NO11P. The third-order valence-electron chi connectivity index (χ3n) is 10.4. The molecule has 0 aromatic heterocycles. The van der Waals surface area contributed by atoms with Crippen molar-refractivity contribution in [2.24, 2.45) is 0 Å². The number of carbonyl (C=O) groups excluding carboxylic acids is 3. The summed E-state index contributed by atoms with van der Waals surface area (Å²) in [6.45, 7) is 3.42. The molecule has 12 nitrogen and oxygen atoms in total. The number of hydrogen-bond donors (Lipinski definition) is 2. The molecule has 2 atom stereocenters. The van der Waals surface area contributed by atoms with Gasteiger partial charge in [0, 0.05) is 19.4 Å². The number of terminal acetylenes is 1. The van der Waals surface area contributed by atoms with Crippen LogP contribution in [0.25, 0.3) is 0 Å². The average molecular weight is 874 g/mol. The first-order valence-electron chi connectivity index (χ1n) is 24.1. The fourth-order valence-corrected chi connectivity index (χ4v) is 7.56. The van der Waals surface area contributed by atoms with Crippen molar-refractivity contribution in [1.29, 1.82) is 0 Å². The number of carbonyl (C=O) groups is 3. The van der Waals surface area contributed by atoms with Gasteiger partial charge in [-0.2, -0.15) is 0 Å². The fourth-order valence-electron chi connectivity index (χ4n) is 6.80. The lowest BCUT2D eigenvalue weighted by molar-refractivity contribution is -0.161. The van der Waals surface area contributed by atoms with Crippen LogP contribution in [-0.4, -0.2) is 75.2 Å². The van der Waals surface area contributed by atoms with E-state index >= 15 is 0 Å². The number of esters is 2. The van der Waals surface area contributed by atoms with Crippen LogP contribution in [-0.2, 0) is 42.1 Å². The predicted molar refractivity (Wildman–Crippen MR) is 241 cm³/mol. The topological polar surface area (TPSA) is 156 Å². The minimum atomic E-state index is -4.59. The van der Waals surface area contributed by atoms with E-state index in [0.717, 1.165) is 38.5 Å². The van der Waals surface area contributed by atoms with Crippen LogP contribution in [0.15, 0.2) is 0 Å². The Morgan fingerprint density at radius 1 is 0.550 bits per heavy atom. The van der Waals surface area contributed by atoms with Gasteiger partial charge in [0.25, 0.3) is 0 Å². The number of nitrogens with one attached hydrogen (secondary N) is 1. The summed E-state index contributed by atoms with van der Waals surface area (Å²) in [5, 5.41) is 2.37. The smallest absolute Gasteiger partial charge is 0.462 e. The van der Waals surface area contributed by atoms with Gasteiger partial charge in [-0.05, 0) is 12.8 Å². The van der Waals surface area contributed by atoms with E-state index in [1.165, 1.54) is 141 Å². The van der Waals surface area contributed by atoms with Gasteiger partial charge in [-0.25, -0.2) is 9.36 Å². The van der Waals surface area contributed by atoms with E-state index in [1.54, 1.807) is 0 Å². The third-order valence-corrected chi connectivity index (χ3v) is 11.4. The molecule has 0 saturated heterocycles. The Balaban J connectivity index is 4.47. The van der Waals surface area contributed by atoms with E-state index in [-0.39, 0.29) is 52.4 Å². The Kier molecular flexibility index (Phi) is 43.3. The number of rotatable bonds is 46. The Bertz CT molecular complexity index is 1090. The number of hydrogen-bond acceptors (Lipinski definition) is 10. The van der Waals surface area contributed by atoms with Gasteiger partial charge >= 0.3 is 25.9 Å². The first-order valence-corrected chi connectivity index (χ1v) is 25.6. The molecule has 2 N–H and O–H groups in total. The van der Waals surface area contributed by atoms with Crippen molar-refractivity contribution < 1.29 is 51.8 Å². The van der Waals surface area contributed by atoms with Crippen LogP contribution in [0.3, 0.4) is 0 Å². The number of amides is 1. The molecule has 0 fully saturated rings. The molecule has 0 bridgehead atoms. The van der Waals surface area contributed by atoms with Gasteiger partial charge in [-0.1, -0.05) is 200 Å². The van der Waals surface area contributed by atoms with Crippen molar-refractivity contribution in [1.82, 2.24) is 5.32 Å². The van der Waals surface area contributed by atoms with Crippen LogP contribution in [0.5, 0.6) is 0 Å². The molecule has 352 valence electrons. The molecule has 1 amide bonds. The summed E-state index contributed by atoms with van der Waals surface area (Å²) >= 11 is 0. The van der Waals surface area contributed by atoms with Crippen LogP contribution < -0.4 is 5.32 Å². The van der Waals surface area contributed by atoms with Crippen LogP contribution in [0.2, 0.25) is 0 Å². The van der Waals surface area contributed by atoms with Gasteiger partial charge in [-0.15, -0.1) is 6.42 Å². The second-order valence-corrected chi connectivity index (χ2v) is 17.6. The maximum atomic E-state index is 12.7. The van der Waals surface area contributed by atoms with Gasteiger partial charge in [0.05, 0.1) is 19.8 Å². The summed E-state index contributed by atoms with van der Waals surface area (Å²) in [5.41, 5.74) is 0. The lowest BCUT2D eigenvalue weighted by atomic mass is 10.0. The number of phosphoric acid groups is 1. The molecular weight excluding hydrogens is 785 g/mol. The number of unbranched alkanes of at least 4 members (excludes halogenated alkanes) is 28. The Morgan fingerprint density at radius 2 is 0.967 bits per heavy atom. The standard InChI is InChI=1S/C47H88NO11P/c1-4-7-9-11-13-15-17-19-21-23-25-27-29-31-33-35-45(49)56-42-44(43-58-60(52,53)57-39-37-48-47(51)55-41-40-54-38-6-3)59-46(50)36-34-32-30-28-26-24-22-20-18-16-14-12-10-8-5-2/h3,44H,4-5,7-43H2,1-2H3,(H,48,51)(H,52,53)/t44-/m1/s1. The van der Waals surface area contributed by atoms with Gasteiger partial charge in [-0.3, -0.25) is 18.6 Å². The van der Waals surface area contributed by atoms with Crippen molar-refractivity contribution in [2.75, 3.05) is 46.2 Å². The zero-order valence-electron chi connectivity index (χ0n) is 38.2. The quantitative estimate of drug-likeness (QED) is 0.0197. The van der Waals surface area contributed by atoms with Crippen molar-refractivity contribution in [3.05, 3.63) is 0 Å². The zero-order valence-corrected chi connectivity index (χ0v) is 39.1. The number of alkyl carbamates (subject to hydrolysis) is 1. The van der Waals surface area contributed by atoms with Crippen molar-refractivity contribution in [3.63, 3.8) is 0 Å². The minimum Gasteiger partial charge on any atom is -0.462 e. The summed E-state index contributed by atoms with van der Waals surface area (Å²) in [4.78, 5) is 47.2. The van der Waals surface area contributed by atoms with Crippen molar-refractivity contribution in [3.8, 4) is 12.3 Å². The monoisotopic (exact) mass is 874 g/mol. The minimum absolute atomic E-state index is 0.0143. The summed E-state index contributed by atoms with van der Waals surface area (Å²) in [6, 6.07) is 0. The second-order valence-electron chi connectivity index (χ2n) is 16.1. The van der Waals surface area contributed by atoms with E-state index in [1.807, 2.05) is 0 Å². The van der Waals surface area contributed by atoms with Crippen molar-refractivity contribution >= 4 is 25.9 Å². The molecule has 0 radical (unpaired) electrons. The van der Waals surface area contributed by atoms with E-state index in [9.17, 15) is 23.8 Å². The summed E-state index contributed by atoms with van der Waals surface area (Å²) in [7, 11) is -4.59. The lowest BCUT2D eigenvalue weighted by Crippen LogP contribution is -2.30. The molecule has 60 heavy (non-hydrogen) atoms. The fraction of sp³-hybridized carbons (Fsp3) is 0.894. The number of phosphoric ester groups is 1. The first-order chi connectivity index (χ1) is 29.2. The summed E-state index contributed by atoms with van der Waals surface area (Å²) < 4.78 is 43.4. The largest absolute Gasteiger partial charge is 0.472 e. The molecule has 0 aromatic carbocycles. The Hall–Kier alpha value is -2.16. The van der Waals surface area contributed by atoms with E-state index in [4.69, 9.17) is 34.4 Å². The molecule has 0 spiro atoms. The normalized spacial score (nSPS) is 12.7. The molecule has 0 aromatic rings. The third kappa shape index (κ3) is 43.9. The van der Waals surface area contributed by atoms with E-state index in [0.29, 0.717) is 12.8 Å². The predicted octanol–water partition coefficient (Wildman–Crippen LogP) is 12.5. The van der Waals surface area contributed by atoms with Gasteiger partial charge in [0.15, 0.2) is 6.10 Å². The highest BCUT2D eigenvalue weighted by atomic mass is 31.2. The summed E-state index contributed by atoms with van der Waals surface area (Å²) in [6.07, 6.45) is 40.4. The molecule has 0 aliphatic heterocycles. The maximum Gasteiger partial charge on any atom is 0.472 e. The highest BCUT2D eigenvalue weighted by Crippen LogP contribution is 2.43. The zero-order chi connectivity index (χ0) is 44.0. The molecule has 0 aliphatic carbocycles. The van der Waals surface area contributed by atoms with E-state index in [2.05, 4.69) is 25.1 Å². The van der Waals surface area contributed by atoms with Crippen molar-refractivity contribution in [2.45, 2.75) is 225 Å². The molecule has 0 saturated carbocycles. The highest BCUT2D eigenvalue weighted by Gasteiger charge is 2.26. The molecule has 0 aliphatic rings. The van der Waals surface area contributed by atoms with Gasteiger partial charge < -0.3 is 29.2 Å². The van der Waals surface area contributed by atoms with Gasteiger partial charge in [0.2, 0.25) is 0 Å². The van der Waals surface area contributed by atoms with Crippen LogP contribution in [0.4, 0.5) is 4.79 Å². The first kappa shape index (κ1) is 57.8. The average Bonchev–Trinajstić information content (AvgIpc) is 3.23. The molecule has 0 rings (SSSR count). The Morgan fingerprint density at radius 3 is 1.40 bits per heavy atom. The van der Waals surface area contributed by atoms with Gasteiger partial charge in [0.1, 0.15) is 19.8 Å². The molecule has 13 heteroatoms. The SMILES string of the molecule is C#CCOCCOC(=O)NCCOP(=O)(O)OC[C@@H](COC(=O)CCCCCCCCCCCCCCCCC)OC(=O)CCCCCCCCCCCCCCCCC. The van der Waals surface area contributed by atoms with E-state index < -0.39 is 38.6 Å². The van der Waals surface area contributed by atoms with Crippen LogP contribution >= 0.6 is 7.82 Å². The second kappa shape index (κ2) is 44.9. The van der Waals surface area contributed by atoms with Crippen LogP contribution in [0, 0.1) is 12.3 Å².